The molecule has 0 amide bonds. The van der Waals surface area contributed by atoms with Crippen molar-refractivity contribution in [2.45, 2.75) is 13.3 Å². The highest BCUT2D eigenvalue weighted by atomic mass is 15.3. The molecule has 4 nitrogen and oxygen atoms in total. The van der Waals surface area contributed by atoms with Crippen molar-refractivity contribution in [2.24, 2.45) is 7.05 Å². The number of benzene rings is 1. The minimum Gasteiger partial charge on any atom is -0.383 e. The third-order valence-electron chi connectivity index (χ3n) is 3.00. The molecule has 0 unspecified atom stereocenters. The molecule has 1 heterocycles. The van der Waals surface area contributed by atoms with Crippen molar-refractivity contribution < 1.29 is 0 Å². The number of para-hydroxylation sites is 1. The summed E-state index contributed by atoms with van der Waals surface area (Å²) in [6.07, 6.45) is 2.68. The van der Waals surface area contributed by atoms with Crippen molar-refractivity contribution in [3.05, 3.63) is 47.3 Å². The van der Waals surface area contributed by atoms with Gasteiger partial charge >= 0.3 is 0 Å². The number of nitrogens with zero attached hydrogens (tertiary/aromatic N) is 3. The number of rotatable bonds is 4. The van der Waals surface area contributed by atoms with Crippen LogP contribution in [0.25, 0.3) is 0 Å². The molecule has 1 aromatic carbocycles. The van der Waals surface area contributed by atoms with Crippen LogP contribution in [-0.4, -0.2) is 16.3 Å². The van der Waals surface area contributed by atoms with Crippen molar-refractivity contribution in [1.29, 1.82) is 5.26 Å². The Morgan fingerprint density at radius 3 is 2.89 bits per heavy atom. The molecule has 4 heteroatoms. The average molecular weight is 240 g/mol. The number of hydrogen-bond acceptors (Lipinski definition) is 3. The van der Waals surface area contributed by atoms with Gasteiger partial charge in [0.15, 0.2) is 0 Å². The molecular weight excluding hydrogens is 224 g/mol. The second-order valence-corrected chi connectivity index (χ2v) is 4.23. The van der Waals surface area contributed by atoms with Crippen LogP contribution in [0.1, 0.15) is 16.8 Å². The summed E-state index contributed by atoms with van der Waals surface area (Å²) in [6.45, 7) is 2.80. The van der Waals surface area contributed by atoms with Gasteiger partial charge in [0.25, 0.3) is 0 Å². The third kappa shape index (κ3) is 2.51. The Labute approximate surface area is 107 Å². The summed E-state index contributed by atoms with van der Waals surface area (Å²) in [5.74, 6) is 0. The Balaban J connectivity index is 2.03. The molecule has 1 N–H and O–H groups in total. The quantitative estimate of drug-likeness (QED) is 0.891. The van der Waals surface area contributed by atoms with Gasteiger partial charge in [-0.3, -0.25) is 4.68 Å². The van der Waals surface area contributed by atoms with Gasteiger partial charge in [-0.1, -0.05) is 12.1 Å². The number of aromatic nitrogens is 2. The predicted octanol–water partition coefficient (Wildman–Crippen LogP) is 2.25. The summed E-state index contributed by atoms with van der Waals surface area (Å²) in [7, 11) is 1.93. The maximum absolute atomic E-state index is 9.07. The lowest BCUT2D eigenvalue weighted by atomic mass is 10.1. The fourth-order valence-corrected chi connectivity index (χ4v) is 1.96. The van der Waals surface area contributed by atoms with Gasteiger partial charge < -0.3 is 5.32 Å². The van der Waals surface area contributed by atoms with E-state index < -0.39 is 0 Å². The van der Waals surface area contributed by atoms with Crippen LogP contribution in [0.4, 0.5) is 5.69 Å². The highest BCUT2D eigenvalue weighted by Gasteiger charge is 2.05. The van der Waals surface area contributed by atoms with E-state index in [1.165, 1.54) is 5.69 Å². The molecule has 0 bridgehead atoms. The zero-order valence-electron chi connectivity index (χ0n) is 10.6. The second-order valence-electron chi connectivity index (χ2n) is 4.23. The predicted molar refractivity (Wildman–Crippen MR) is 71.3 cm³/mol. The molecule has 18 heavy (non-hydrogen) atoms. The Bertz CT molecular complexity index is 578. The molecule has 0 aliphatic carbocycles. The molecule has 2 rings (SSSR count). The van der Waals surface area contributed by atoms with E-state index in [-0.39, 0.29) is 0 Å². The van der Waals surface area contributed by atoms with Crippen LogP contribution in [0, 0.1) is 18.3 Å². The van der Waals surface area contributed by atoms with E-state index in [2.05, 4.69) is 16.5 Å². The molecule has 0 saturated carbocycles. The zero-order chi connectivity index (χ0) is 13.0. The van der Waals surface area contributed by atoms with Gasteiger partial charge in [0.05, 0.1) is 11.3 Å². The van der Waals surface area contributed by atoms with Gasteiger partial charge in [-0.05, 0) is 24.6 Å². The number of hydrogen-bond donors (Lipinski definition) is 1. The van der Waals surface area contributed by atoms with Crippen LogP contribution in [0.15, 0.2) is 30.5 Å². The molecule has 0 aliphatic heterocycles. The standard InChI is InChI=1S/C14H16N4/c1-11-4-3-5-12(10-15)14(11)16-8-6-13-7-9-17-18(13)2/h3-5,7,9,16H,6,8H2,1-2H3. The number of aryl methyl sites for hydroxylation is 2. The van der Waals surface area contributed by atoms with E-state index in [9.17, 15) is 0 Å². The van der Waals surface area contributed by atoms with Crippen LogP contribution in [0.2, 0.25) is 0 Å². The summed E-state index contributed by atoms with van der Waals surface area (Å²) in [5.41, 5.74) is 3.90. The fraction of sp³-hybridized carbons (Fsp3) is 0.286. The van der Waals surface area contributed by atoms with E-state index in [0.717, 1.165) is 24.2 Å². The molecule has 0 saturated heterocycles. The first kappa shape index (κ1) is 12.2. The Hall–Kier alpha value is -2.28. The molecule has 0 spiro atoms. The topological polar surface area (TPSA) is 53.6 Å². The molecule has 0 radical (unpaired) electrons. The van der Waals surface area contributed by atoms with Crippen molar-refractivity contribution >= 4 is 5.69 Å². The molecule has 1 aromatic heterocycles. The minimum atomic E-state index is 0.694. The SMILES string of the molecule is Cc1cccc(C#N)c1NCCc1ccnn1C. The van der Waals surface area contributed by atoms with E-state index in [1.54, 1.807) is 6.20 Å². The largest absolute Gasteiger partial charge is 0.383 e. The van der Waals surface area contributed by atoms with Crippen LogP contribution in [0.3, 0.4) is 0 Å². The lowest BCUT2D eigenvalue weighted by Gasteiger charge is -2.11. The maximum atomic E-state index is 9.07. The summed E-state index contributed by atoms with van der Waals surface area (Å²) in [4.78, 5) is 0. The molecule has 0 fully saturated rings. The molecule has 0 atom stereocenters. The van der Waals surface area contributed by atoms with Gasteiger partial charge in [0.2, 0.25) is 0 Å². The first-order valence-corrected chi connectivity index (χ1v) is 5.93. The minimum absolute atomic E-state index is 0.694. The molecular formula is C14H16N4. The lowest BCUT2D eigenvalue weighted by molar-refractivity contribution is 0.711. The Morgan fingerprint density at radius 1 is 1.39 bits per heavy atom. The van der Waals surface area contributed by atoms with Crippen LogP contribution in [-0.2, 0) is 13.5 Å². The highest BCUT2D eigenvalue weighted by Crippen LogP contribution is 2.19. The van der Waals surface area contributed by atoms with E-state index in [1.807, 2.05) is 42.9 Å². The summed E-state index contributed by atoms with van der Waals surface area (Å²) in [6, 6.07) is 9.96. The average Bonchev–Trinajstić information content (AvgIpc) is 2.77. The molecule has 2 aromatic rings. The van der Waals surface area contributed by atoms with Crippen LogP contribution >= 0.6 is 0 Å². The van der Waals surface area contributed by atoms with Gasteiger partial charge in [0.1, 0.15) is 6.07 Å². The smallest absolute Gasteiger partial charge is 0.101 e. The van der Waals surface area contributed by atoms with Crippen molar-refractivity contribution in [3.8, 4) is 6.07 Å². The number of anilines is 1. The summed E-state index contributed by atoms with van der Waals surface area (Å²) < 4.78 is 1.87. The van der Waals surface area contributed by atoms with E-state index in [0.29, 0.717) is 5.56 Å². The van der Waals surface area contributed by atoms with Gasteiger partial charge in [-0.15, -0.1) is 0 Å². The fourth-order valence-electron chi connectivity index (χ4n) is 1.96. The summed E-state index contributed by atoms with van der Waals surface area (Å²) in [5, 5.41) is 16.5. The van der Waals surface area contributed by atoms with Crippen LogP contribution in [0.5, 0.6) is 0 Å². The number of nitriles is 1. The maximum Gasteiger partial charge on any atom is 0.101 e. The molecule has 0 aliphatic rings. The zero-order valence-corrected chi connectivity index (χ0v) is 10.6. The second kappa shape index (κ2) is 5.37. The number of nitrogens with one attached hydrogen (secondary N) is 1. The van der Waals surface area contributed by atoms with Crippen molar-refractivity contribution in [1.82, 2.24) is 9.78 Å². The van der Waals surface area contributed by atoms with Gasteiger partial charge in [0, 0.05) is 31.9 Å². The first-order chi connectivity index (χ1) is 8.72. The Kier molecular flexibility index (Phi) is 3.63. The normalized spacial score (nSPS) is 10.1. The van der Waals surface area contributed by atoms with Crippen LogP contribution < -0.4 is 5.32 Å². The Morgan fingerprint density at radius 2 is 2.22 bits per heavy atom. The third-order valence-corrected chi connectivity index (χ3v) is 3.00. The van der Waals surface area contributed by atoms with E-state index in [4.69, 9.17) is 5.26 Å². The monoisotopic (exact) mass is 240 g/mol. The lowest BCUT2D eigenvalue weighted by Crippen LogP contribution is -2.10. The highest BCUT2D eigenvalue weighted by molar-refractivity contribution is 5.62. The first-order valence-electron chi connectivity index (χ1n) is 5.93. The molecule has 92 valence electrons. The van der Waals surface area contributed by atoms with Gasteiger partial charge in [-0.2, -0.15) is 10.4 Å². The summed E-state index contributed by atoms with van der Waals surface area (Å²) >= 11 is 0. The van der Waals surface area contributed by atoms with Crippen molar-refractivity contribution in [2.75, 3.05) is 11.9 Å². The van der Waals surface area contributed by atoms with E-state index >= 15 is 0 Å². The van der Waals surface area contributed by atoms with Crippen molar-refractivity contribution in [3.63, 3.8) is 0 Å². The van der Waals surface area contributed by atoms with Gasteiger partial charge in [-0.25, -0.2) is 0 Å².